The van der Waals surface area contributed by atoms with Crippen molar-refractivity contribution in [2.75, 3.05) is 0 Å². The van der Waals surface area contributed by atoms with Crippen LogP contribution in [0.1, 0.15) is 31.7 Å². The normalized spacial score (nSPS) is 14.8. The third kappa shape index (κ3) is 3.28. The van der Waals surface area contributed by atoms with E-state index in [1.54, 1.807) is 13.1 Å². The smallest absolute Gasteiger partial charge is 0.323 e. The number of carboxylic acid groups (broad SMARTS) is 1. The first kappa shape index (κ1) is 12.1. The number of hydrogen-bond acceptors (Lipinski definition) is 4. The minimum atomic E-state index is -0.847. The standard InChI is InChI=1S/C10H16N2O2S/c1-3-4-10(2,9(13)14)12-7-8-11-5-6-15-8/h5-6,12H,3-4,7H2,1-2H3,(H,13,14). The van der Waals surface area contributed by atoms with Crippen molar-refractivity contribution in [1.82, 2.24) is 10.3 Å². The second-order valence-corrected chi connectivity index (χ2v) is 4.65. The number of aromatic nitrogens is 1. The molecule has 0 spiro atoms. The third-order valence-corrected chi connectivity index (χ3v) is 3.11. The first-order chi connectivity index (χ1) is 7.08. The van der Waals surface area contributed by atoms with Crippen LogP contribution in [0.3, 0.4) is 0 Å². The fourth-order valence-electron chi connectivity index (χ4n) is 1.38. The van der Waals surface area contributed by atoms with Crippen molar-refractivity contribution in [1.29, 1.82) is 0 Å². The average Bonchev–Trinajstić information content (AvgIpc) is 2.67. The summed E-state index contributed by atoms with van der Waals surface area (Å²) in [6.45, 7) is 4.21. The van der Waals surface area contributed by atoms with Crippen LogP contribution in [-0.4, -0.2) is 21.6 Å². The summed E-state index contributed by atoms with van der Waals surface area (Å²) in [6, 6.07) is 0. The van der Waals surface area contributed by atoms with Crippen LogP contribution < -0.4 is 5.32 Å². The van der Waals surface area contributed by atoms with E-state index in [1.807, 2.05) is 12.3 Å². The number of carboxylic acids is 1. The van der Waals surface area contributed by atoms with Crippen molar-refractivity contribution in [3.63, 3.8) is 0 Å². The monoisotopic (exact) mass is 228 g/mol. The predicted molar refractivity (Wildman–Crippen MR) is 59.9 cm³/mol. The molecule has 0 aliphatic heterocycles. The highest BCUT2D eigenvalue weighted by atomic mass is 32.1. The van der Waals surface area contributed by atoms with Gasteiger partial charge in [-0.2, -0.15) is 0 Å². The zero-order chi connectivity index (χ0) is 11.3. The lowest BCUT2D eigenvalue weighted by atomic mass is 9.96. The summed E-state index contributed by atoms with van der Waals surface area (Å²) in [6.07, 6.45) is 3.18. The van der Waals surface area contributed by atoms with Gasteiger partial charge in [-0.15, -0.1) is 11.3 Å². The molecule has 5 heteroatoms. The van der Waals surface area contributed by atoms with Gasteiger partial charge in [0.1, 0.15) is 10.5 Å². The molecule has 4 nitrogen and oxygen atoms in total. The van der Waals surface area contributed by atoms with Gasteiger partial charge in [-0.05, 0) is 13.3 Å². The van der Waals surface area contributed by atoms with Gasteiger partial charge in [0.25, 0.3) is 0 Å². The summed E-state index contributed by atoms with van der Waals surface area (Å²) in [5.74, 6) is -0.805. The molecular weight excluding hydrogens is 212 g/mol. The summed E-state index contributed by atoms with van der Waals surface area (Å²) < 4.78 is 0. The number of thiazole rings is 1. The molecule has 0 fully saturated rings. The highest BCUT2D eigenvalue weighted by Crippen LogP contribution is 2.14. The average molecular weight is 228 g/mol. The van der Waals surface area contributed by atoms with E-state index in [-0.39, 0.29) is 0 Å². The first-order valence-electron chi connectivity index (χ1n) is 4.95. The van der Waals surface area contributed by atoms with Crippen LogP contribution in [-0.2, 0) is 11.3 Å². The van der Waals surface area contributed by atoms with E-state index in [2.05, 4.69) is 10.3 Å². The molecule has 84 valence electrons. The second kappa shape index (κ2) is 5.23. The number of aliphatic carboxylic acids is 1. The fraction of sp³-hybridized carbons (Fsp3) is 0.600. The molecule has 0 bridgehead atoms. The highest BCUT2D eigenvalue weighted by molar-refractivity contribution is 7.09. The molecular formula is C10H16N2O2S. The molecule has 1 aromatic rings. The van der Waals surface area contributed by atoms with E-state index in [4.69, 9.17) is 5.11 Å². The van der Waals surface area contributed by atoms with E-state index < -0.39 is 11.5 Å². The maximum absolute atomic E-state index is 11.1. The first-order valence-corrected chi connectivity index (χ1v) is 5.83. The third-order valence-electron chi connectivity index (χ3n) is 2.34. The SMILES string of the molecule is CCCC(C)(NCc1nccs1)C(=O)O. The largest absolute Gasteiger partial charge is 0.480 e. The zero-order valence-corrected chi connectivity index (χ0v) is 9.80. The molecule has 0 aliphatic carbocycles. The fourth-order valence-corrected chi connectivity index (χ4v) is 1.94. The van der Waals surface area contributed by atoms with E-state index >= 15 is 0 Å². The van der Waals surface area contributed by atoms with E-state index in [0.717, 1.165) is 11.4 Å². The maximum atomic E-state index is 11.1. The van der Waals surface area contributed by atoms with Gasteiger partial charge in [0.05, 0.1) is 0 Å². The number of nitrogens with zero attached hydrogens (tertiary/aromatic N) is 1. The maximum Gasteiger partial charge on any atom is 0.323 e. The Labute approximate surface area is 93.4 Å². The molecule has 0 aliphatic rings. The van der Waals surface area contributed by atoms with Crippen LogP contribution in [0.4, 0.5) is 0 Å². The molecule has 0 saturated heterocycles. The van der Waals surface area contributed by atoms with Gasteiger partial charge in [-0.1, -0.05) is 13.3 Å². The summed E-state index contributed by atoms with van der Waals surface area (Å²) in [7, 11) is 0. The van der Waals surface area contributed by atoms with Crippen molar-refractivity contribution in [3.05, 3.63) is 16.6 Å². The van der Waals surface area contributed by atoms with Gasteiger partial charge in [-0.3, -0.25) is 10.1 Å². The highest BCUT2D eigenvalue weighted by Gasteiger charge is 2.31. The van der Waals surface area contributed by atoms with Crippen LogP contribution in [0.2, 0.25) is 0 Å². The van der Waals surface area contributed by atoms with Gasteiger partial charge in [0.15, 0.2) is 0 Å². The van der Waals surface area contributed by atoms with E-state index in [1.165, 1.54) is 11.3 Å². The quantitative estimate of drug-likeness (QED) is 0.780. The van der Waals surface area contributed by atoms with Gasteiger partial charge < -0.3 is 5.11 Å². The van der Waals surface area contributed by atoms with Crippen molar-refractivity contribution in [3.8, 4) is 0 Å². The van der Waals surface area contributed by atoms with E-state index in [0.29, 0.717) is 13.0 Å². The number of hydrogen-bond donors (Lipinski definition) is 2. The van der Waals surface area contributed by atoms with Crippen molar-refractivity contribution in [2.45, 2.75) is 38.8 Å². The molecule has 0 saturated carbocycles. The van der Waals surface area contributed by atoms with Crippen LogP contribution >= 0.6 is 11.3 Å². The number of carbonyl (C=O) groups is 1. The molecule has 1 atom stereocenters. The molecule has 0 radical (unpaired) electrons. The minimum absolute atomic E-state index is 0.514. The Kier molecular flexibility index (Phi) is 4.23. The molecule has 1 unspecified atom stereocenters. The van der Waals surface area contributed by atoms with Crippen molar-refractivity contribution >= 4 is 17.3 Å². The molecule has 1 heterocycles. The second-order valence-electron chi connectivity index (χ2n) is 3.67. The van der Waals surface area contributed by atoms with Crippen LogP contribution in [0.5, 0.6) is 0 Å². The molecule has 2 N–H and O–H groups in total. The van der Waals surface area contributed by atoms with Gasteiger partial charge in [-0.25, -0.2) is 4.98 Å². The Bertz CT molecular complexity index is 313. The lowest BCUT2D eigenvalue weighted by Gasteiger charge is -2.25. The van der Waals surface area contributed by atoms with Crippen molar-refractivity contribution < 1.29 is 9.90 Å². The Balaban J connectivity index is 2.56. The Morgan fingerprint density at radius 2 is 2.47 bits per heavy atom. The molecule has 0 amide bonds. The summed E-state index contributed by atoms with van der Waals surface area (Å²) in [5, 5.41) is 15.0. The topological polar surface area (TPSA) is 62.2 Å². The lowest BCUT2D eigenvalue weighted by Crippen LogP contribution is -2.48. The van der Waals surface area contributed by atoms with Crippen molar-refractivity contribution in [2.24, 2.45) is 0 Å². The molecule has 1 aromatic heterocycles. The summed E-state index contributed by atoms with van der Waals surface area (Å²) in [4.78, 5) is 15.2. The zero-order valence-electron chi connectivity index (χ0n) is 8.99. The van der Waals surface area contributed by atoms with Crippen LogP contribution in [0.15, 0.2) is 11.6 Å². The van der Waals surface area contributed by atoms with Crippen LogP contribution in [0, 0.1) is 0 Å². The number of nitrogens with one attached hydrogen (secondary N) is 1. The molecule has 15 heavy (non-hydrogen) atoms. The van der Waals surface area contributed by atoms with Crippen LogP contribution in [0.25, 0.3) is 0 Å². The van der Waals surface area contributed by atoms with Gasteiger partial charge in [0.2, 0.25) is 0 Å². The summed E-state index contributed by atoms with van der Waals surface area (Å²) >= 11 is 1.53. The van der Waals surface area contributed by atoms with Gasteiger partial charge >= 0.3 is 5.97 Å². The summed E-state index contributed by atoms with van der Waals surface area (Å²) in [5.41, 5.74) is -0.847. The Hall–Kier alpha value is -0.940. The molecule has 0 aromatic carbocycles. The molecule has 1 rings (SSSR count). The minimum Gasteiger partial charge on any atom is -0.480 e. The van der Waals surface area contributed by atoms with Gasteiger partial charge in [0, 0.05) is 18.1 Å². The Morgan fingerprint density at radius 3 is 2.93 bits per heavy atom. The number of rotatable bonds is 6. The predicted octanol–water partition coefficient (Wildman–Crippen LogP) is 1.88. The van der Waals surface area contributed by atoms with E-state index in [9.17, 15) is 4.79 Å². The lowest BCUT2D eigenvalue weighted by molar-refractivity contribution is -0.144. The Morgan fingerprint density at radius 1 is 1.73 bits per heavy atom.